The van der Waals surface area contributed by atoms with Gasteiger partial charge in [0.05, 0.1) is 28.2 Å². The molecule has 1 aromatic heterocycles. The van der Waals surface area contributed by atoms with Gasteiger partial charge in [-0.25, -0.2) is 0 Å². The van der Waals surface area contributed by atoms with Crippen LogP contribution in [0.4, 0.5) is 0 Å². The summed E-state index contributed by atoms with van der Waals surface area (Å²) in [5, 5.41) is 1.65. The van der Waals surface area contributed by atoms with Gasteiger partial charge in [0.2, 0.25) is 0 Å². The standard InChI is InChI=1S/C27H23Cl2N3O3/c1-35-20-9-7-19(8-10-20)32-17-22(21-4-2-3-5-25(21)32)27(34)31-14-12-30(13-15-31)26(33)18-6-11-23(28)24(29)16-18/h2-11,16-17H,12-15H2,1H3. The zero-order chi connectivity index (χ0) is 24.5. The maximum Gasteiger partial charge on any atom is 0.256 e. The summed E-state index contributed by atoms with van der Waals surface area (Å²) in [6.45, 7) is 1.80. The second kappa shape index (κ2) is 9.64. The molecule has 1 fully saturated rings. The third-order valence-corrected chi connectivity index (χ3v) is 7.05. The third-order valence-electron chi connectivity index (χ3n) is 6.31. The summed E-state index contributed by atoms with van der Waals surface area (Å²) < 4.78 is 7.29. The van der Waals surface area contributed by atoms with E-state index in [1.54, 1.807) is 35.1 Å². The Hall–Kier alpha value is -3.48. The zero-order valence-electron chi connectivity index (χ0n) is 19.1. The van der Waals surface area contributed by atoms with Crippen LogP contribution in [0.25, 0.3) is 16.6 Å². The van der Waals surface area contributed by atoms with Crippen molar-refractivity contribution in [1.29, 1.82) is 0 Å². The minimum absolute atomic E-state index is 0.0462. The van der Waals surface area contributed by atoms with Crippen molar-refractivity contribution >= 4 is 45.9 Å². The van der Waals surface area contributed by atoms with Gasteiger partial charge in [0.15, 0.2) is 0 Å². The van der Waals surface area contributed by atoms with Crippen LogP contribution in [0.5, 0.6) is 5.75 Å². The average Bonchev–Trinajstić information content (AvgIpc) is 3.29. The van der Waals surface area contributed by atoms with Gasteiger partial charge in [0, 0.05) is 49.0 Å². The fourth-order valence-corrected chi connectivity index (χ4v) is 4.70. The molecule has 178 valence electrons. The highest BCUT2D eigenvalue weighted by atomic mass is 35.5. The summed E-state index contributed by atoms with van der Waals surface area (Å²) in [5.74, 6) is 0.608. The summed E-state index contributed by atoms with van der Waals surface area (Å²) in [5.41, 5.74) is 3.02. The monoisotopic (exact) mass is 507 g/mol. The lowest BCUT2D eigenvalue weighted by atomic mass is 10.1. The van der Waals surface area contributed by atoms with Crippen LogP contribution in [0.1, 0.15) is 20.7 Å². The number of nitrogens with zero attached hydrogens (tertiary/aromatic N) is 3. The van der Waals surface area contributed by atoms with Crippen molar-refractivity contribution in [2.75, 3.05) is 33.3 Å². The first-order chi connectivity index (χ1) is 17.0. The number of carbonyl (C=O) groups excluding carboxylic acids is 2. The second-order valence-corrected chi connectivity index (χ2v) is 9.16. The highest BCUT2D eigenvalue weighted by Gasteiger charge is 2.27. The Morgan fingerprint density at radius 2 is 1.46 bits per heavy atom. The summed E-state index contributed by atoms with van der Waals surface area (Å²) in [7, 11) is 1.63. The Bertz CT molecular complexity index is 1410. The number of halogens is 2. The third kappa shape index (κ3) is 4.47. The van der Waals surface area contributed by atoms with E-state index in [1.165, 1.54) is 0 Å². The van der Waals surface area contributed by atoms with E-state index < -0.39 is 0 Å². The number of piperazine rings is 1. The second-order valence-electron chi connectivity index (χ2n) is 8.34. The predicted molar refractivity (Wildman–Crippen MR) is 138 cm³/mol. The van der Waals surface area contributed by atoms with E-state index in [4.69, 9.17) is 27.9 Å². The van der Waals surface area contributed by atoms with Crippen LogP contribution in [0, 0.1) is 0 Å². The number of hydrogen-bond acceptors (Lipinski definition) is 3. The summed E-state index contributed by atoms with van der Waals surface area (Å²) in [4.78, 5) is 30.0. The van der Waals surface area contributed by atoms with Gasteiger partial charge in [0.25, 0.3) is 11.8 Å². The molecule has 4 aromatic rings. The molecule has 1 saturated heterocycles. The van der Waals surface area contributed by atoms with Crippen molar-refractivity contribution in [2.45, 2.75) is 0 Å². The van der Waals surface area contributed by atoms with Crippen LogP contribution in [0.3, 0.4) is 0 Å². The highest BCUT2D eigenvalue weighted by molar-refractivity contribution is 6.42. The number of methoxy groups -OCH3 is 1. The SMILES string of the molecule is COc1ccc(-n2cc(C(=O)N3CCN(C(=O)c4ccc(Cl)c(Cl)c4)CC3)c3ccccc32)cc1. The average molecular weight is 508 g/mol. The van der Waals surface area contributed by atoms with E-state index in [0.717, 1.165) is 22.3 Å². The minimum atomic E-state index is -0.119. The molecule has 0 radical (unpaired) electrons. The van der Waals surface area contributed by atoms with Crippen molar-refractivity contribution < 1.29 is 14.3 Å². The van der Waals surface area contributed by atoms with Gasteiger partial charge in [-0.15, -0.1) is 0 Å². The Kier molecular flexibility index (Phi) is 6.41. The van der Waals surface area contributed by atoms with Crippen molar-refractivity contribution in [1.82, 2.24) is 14.4 Å². The number of carbonyl (C=O) groups is 2. The molecule has 8 heteroatoms. The Morgan fingerprint density at radius 3 is 2.11 bits per heavy atom. The van der Waals surface area contributed by atoms with Crippen LogP contribution >= 0.6 is 23.2 Å². The largest absolute Gasteiger partial charge is 0.497 e. The van der Waals surface area contributed by atoms with Gasteiger partial charge >= 0.3 is 0 Å². The number of hydrogen-bond donors (Lipinski definition) is 0. The molecule has 0 atom stereocenters. The van der Waals surface area contributed by atoms with E-state index in [1.807, 2.05) is 59.3 Å². The lowest BCUT2D eigenvalue weighted by Crippen LogP contribution is -2.50. The van der Waals surface area contributed by atoms with Crippen molar-refractivity contribution in [3.05, 3.63) is 94.1 Å². The van der Waals surface area contributed by atoms with Crippen molar-refractivity contribution in [3.63, 3.8) is 0 Å². The first-order valence-corrected chi connectivity index (χ1v) is 12.0. The number of benzene rings is 3. The van der Waals surface area contributed by atoms with Gasteiger partial charge in [-0.2, -0.15) is 0 Å². The maximum atomic E-state index is 13.5. The molecule has 2 amide bonds. The lowest BCUT2D eigenvalue weighted by Gasteiger charge is -2.34. The molecule has 0 saturated carbocycles. The molecule has 1 aliphatic rings. The summed E-state index contributed by atoms with van der Waals surface area (Å²) >= 11 is 12.0. The van der Waals surface area contributed by atoms with Crippen LogP contribution in [0.15, 0.2) is 72.9 Å². The van der Waals surface area contributed by atoms with Crippen LogP contribution in [-0.4, -0.2) is 59.5 Å². The molecule has 0 aliphatic carbocycles. The molecule has 0 spiro atoms. The highest BCUT2D eigenvalue weighted by Crippen LogP contribution is 2.28. The van der Waals surface area contributed by atoms with Gasteiger partial charge in [-0.1, -0.05) is 41.4 Å². The van der Waals surface area contributed by atoms with Gasteiger partial charge in [0.1, 0.15) is 5.75 Å². The molecular weight excluding hydrogens is 485 g/mol. The Labute approximate surface area is 213 Å². The zero-order valence-corrected chi connectivity index (χ0v) is 20.6. The van der Waals surface area contributed by atoms with Crippen LogP contribution in [0.2, 0.25) is 10.0 Å². The van der Waals surface area contributed by atoms with E-state index in [-0.39, 0.29) is 11.8 Å². The quantitative estimate of drug-likeness (QED) is 0.364. The molecule has 6 nitrogen and oxygen atoms in total. The number of para-hydroxylation sites is 1. The topological polar surface area (TPSA) is 54.8 Å². The molecule has 0 unspecified atom stereocenters. The fourth-order valence-electron chi connectivity index (χ4n) is 4.40. The summed E-state index contributed by atoms with van der Waals surface area (Å²) in [6, 6.07) is 20.5. The predicted octanol–water partition coefficient (Wildman–Crippen LogP) is 5.54. The van der Waals surface area contributed by atoms with Gasteiger partial charge < -0.3 is 19.1 Å². The Morgan fingerprint density at radius 1 is 0.800 bits per heavy atom. The first-order valence-electron chi connectivity index (χ1n) is 11.2. The number of rotatable bonds is 4. The van der Waals surface area contributed by atoms with Crippen LogP contribution < -0.4 is 4.74 Å². The molecule has 1 aliphatic heterocycles. The van der Waals surface area contributed by atoms with Gasteiger partial charge in [-0.05, 0) is 48.5 Å². The molecular formula is C27H23Cl2N3O3. The smallest absolute Gasteiger partial charge is 0.256 e. The van der Waals surface area contributed by atoms with Gasteiger partial charge in [-0.3, -0.25) is 9.59 Å². The van der Waals surface area contributed by atoms with Crippen LogP contribution in [-0.2, 0) is 0 Å². The normalized spacial score (nSPS) is 13.8. The van der Waals surface area contributed by atoms with E-state index in [2.05, 4.69) is 0 Å². The Balaban J connectivity index is 1.35. The molecule has 2 heterocycles. The van der Waals surface area contributed by atoms with E-state index >= 15 is 0 Å². The molecule has 35 heavy (non-hydrogen) atoms. The number of fused-ring (bicyclic) bond motifs is 1. The summed E-state index contributed by atoms with van der Waals surface area (Å²) in [6.07, 6.45) is 1.89. The number of amides is 2. The maximum absolute atomic E-state index is 13.5. The fraction of sp³-hybridized carbons (Fsp3) is 0.185. The lowest BCUT2D eigenvalue weighted by molar-refractivity contribution is 0.0536. The minimum Gasteiger partial charge on any atom is -0.497 e. The molecule has 5 rings (SSSR count). The number of ether oxygens (including phenoxy) is 1. The van der Waals surface area contributed by atoms with E-state index in [9.17, 15) is 9.59 Å². The first kappa shape index (κ1) is 23.3. The van der Waals surface area contributed by atoms with E-state index in [0.29, 0.717) is 47.4 Å². The van der Waals surface area contributed by atoms with Crippen molar-refractivity contribution in [2.24, 2.45) is 0 Å². The van der Waals surface area contributed by atoms with Crippen molar-refractivity contribution in [3.8, 4) is 11.4 Å². The molecule has 3 aromatic carbocycles. The number of aromatic nitrogens is 1. The molecule has 0 bridgehead atoms. The molecule has 0 N–H and O–H groups in total.